The Morgan fingerprint density at radius 3 is 2.32 bits per heavy atom. The fourth-order valence-corrected chi connectivity index (χ4v) is 10.2. The molecule has 13 atom stereocenters. The third-order valence-electron chi connectivity index (χ3n) is 11.8. The second kappa shape index (κ2) is 6.91. The molecular weight excluding hydrogens is 396 g/mol. The van der Waals surface area contributed by atoms with Gasteiger partial charge in [0, 0.05) is 11.8 Å². The maximum atomic E-state index is 11.7. The zero-order valence-corrected chi connectivity index (χ0v) is 19.1. The lowest BCUT2D eigenvalue weighted by Crippen LogP contribution is -2.66. The average Bonchev–Trinajstić information content (AvgIpc) is 3.15. The van der Waals surface area contributed by atoms with E-state index in [9.17, 15) is 30.3 Å². The molecule has 6 nitrogen and oxygen atoms in total. The van der Waals surface area contributed by atoms with E-state index in [0.717, 1.165) is 25.7 Å². The van der Waals surface area contributed by atoms with Crippen molar-refractivity contribution in [1.82, 2.24) is 0 Å². The van der Waals surface area contributed by atoms with Crippen molar-refractivity contribution in [2.45, 2.75) is 96.6 Å². The van der Waals surface area contributed by atoms with Crippen LogP contribution in [0.5, 0.6) is 0 Å². The maximum Gasteiger partial charge on any atom is 0.303 e. The molecule has 1 spiro atoms. The fraction of sp³-hybridized carbons (Fsp3) is 0.960. The summed E-state index contributed by atoms with van der Waals surface area (Å²) in [7, 11) is 0. The monoisotopic (exact) mass is 436 g/mol. The lowest BCUT2D eigenvalue weighted by molar-refractivity contribution is -0.244. The quantitative estimate of drug-likeness (QED) is 0.464. The molecule has 31 heavy (non-hydrogen) atoms. The highest BCUT2D eigenvalue weighted by Gasteiger charge is 2.79. The number of carboxylic acids is 1. The van der Waals surface area contributed by atoms with Crippen molar-refractivity contribution >= 4 is 5.97 Å². The topological polar surface area (TPSA) is 118 Å². The van der Waals surface area contributed by atoms with Crippen LogP contribution in [0.4, 0.5) is 0 Å². The van der Waals surface area contributed by atoms with Gasteiger partial charge in [0.2, 0.25) is 0 Å². The Bertz CT molecular complexity index is 756. The molecule has 5 aliphatic carbocycles. The molecule has 5 fully saturated rings. The molecule has 0 bridgehead atoms. The number of rotatable bonds is 3. The van der Waals surface area contributed by atoms with Gasteiger partial charge < -0.3 is 25.5 Å². The first-order valence-electron chi connectivity index (χ1n) is 12.4. The normalized spacial score (nSPS) is 60.2. The van der Waals surface area contributed by atoms with Crippen molar-refractivity contribution in [2.75, 3.05) is 0 Å². The van der Waals surface area contributed by atoms with E-state index >= 15 is 0 Å². The van der Waals surface area contributed by atoms with E-state index in [0.29, 0.717) is 31.1 Å². The van der Waals surface area contributed by atoms with Crippen LogP contribution in [-0.4, -0.2) is 55.9 Å². The van der Waals surface area contributed by atoms with Gasteiger partial charge >= 0.3 is 5.97 Å². The summed E-state index contributed by atoms with van der Waals surface area (Å²) in [6, 6.07) is 0. The first-order valence-corrected chi connectivity index (χ1v) is 12.4. The van der Waals surface area contributed by atoms with Crippen LogP contribution in [-0.2, 0) is 4.79 Å². The molecule has 5 saturated carbocycles. The standard InChI is InChI=1S/C25H40O6/c1-12-14(4-5-19(28)29)25(12)9-7-15-20-16(11-18(27)24(15,25)3)23(2)8-6-13(26)10-17(23)21(30)22(20)31/h12-18,20-22,26-27,30-31H,4-11H2,1-3H3,(H,28,29)/t12-,13-,14-,15+,16+,17+,18+,20+,21-,22+,23-,24-,25?/m1/s1. The molecule has 0 aliphatic heterocycles. The first kappa shape index (κ1) is 22.1. The van der Waals surface area contributed by atoms with Gasteiger partial charge in [-0.15, -0.1) is 0 Å². The fourth-order valence-electron chi connectivity index (χ4n) is 10.2. The van der Waals surface area contributed by atoms with Gasteiger partial charge in [0.15, 0.2) is 0 Å². The number of aliphatic hydroxyl groups excluding tert-OH is 4. The summed E-state index contributed by atoms with van der Waals surface area (Å²) in [4.78, 5) is 11.2. The molecule has 5 rings (SSSR count). The number of hydrogen-bond donors (Lipinski definition) is 5. The van der Waals surface area contributed by atoms with Crippen LogP contribution in [0.15, 0.2) is 0 Å². The van der Waals surface area contributed by atoms with Gasteiger partial charge in [-0.05, 0) is 91.3 Å². The predicted molar refractivity (Wildman–Crippen MR) is 114 cm³/mol. The molecule has 0 heterocycles. The van der Waals surface area contributed by atoms with E-state index in [4.69, 9.17) is 0 Å². The van der Waals surface area contributed by atoms with Crippen molar-refractivity contribution in [2.24, 2.45) is 51.8 Å². The van der Waals surface area contributed by atoms with E-state index in [2.05, 4.69) is 20.8 Å². The molecule has 0 saturated heterocycles. The molecule has 0 aromatic heterocycles. The molecule has 176 valence electrons. The lowest BCUT2D eigenvalue weighted by atomic mass is 9.42. The van der Waals surface area contributed by atoms with Crippen LogP contribution in [0.2, 0.25) is 0 Å². The van der Waals surface area contributed by atoms with Gasteiger partial charge in [0.05, 0.1) is 24.4 Å². The number of fused-ring (bicyclic) bond motifs is 6. The second-order valence-corrected chi connectivity index (χ2v) is 12.3. The van der Waals surface area contributed by atoms with Crippen molar-refractivity contribution in [3.05, 3.63) is 0 Å². The van der Waals surface area contributed by atoms with E-state index in [-0.39, 0.29) is 46.3 Å². The summed E-state index contributed by atoms with van der Waals surface area (Å²) < 4.78 is 0. The number of aliphatic hydroxyl groups is 4. The van der Waals surface area contributed by atoms with Gasteiger partial charge in [0.1, 0.15) is 0 Å². The molecule has 1 unspecified atom stereocenters. The molecule has 0 radical (unpaired) electrons. The van der Waals surface area contributed by atoms with E-state index in [1.165, 1.54) is 0 Å². The number of hydrogen-bond acceptors (Lipinski definition) is 5. The highest BCUT2D eigenvalue weighted by molar-refractivity contribution is 5.66. The first-order chi connectivity index (χ1) is 14.5. The molecular formula is C25H40O6. The van der Waals surface area contributed by atoms with Crippen molar-refractivity contribution < 1.29 is 30.3 Å². The Morgan fingerprint density at radius 1 is 0.935 bits per heavy atom. The van der Waals surface area contributed by atoms with Gasteiger partial charge in [-0.3, -0.25) is 4.79 Å². The average molecular weight is 437 g/mol. The van der Waals surface area contributed by atoms with Crippen LogP contribution in [0, 0.1) is 51.8 Å². The van der Waals surface area contributed by atoms with Gasteiger partial charge in [-0.1, -0.05) is 20.8 Å². The molecule has 5 aliphatic rings. The number of carbonyl (C=O) groups is 1. The van der Waals surface area contributed by atoms with Crippen LogP contribution < -0.4 is 0 Å². The minimum Gasteiger partial charge on any atom is -0.481 e. The van der Waals surface area contributed by atoms with Crippen molar-refractivity contribution in [1.29, 1.82) is 0 Å². The molecule has 0 aromatic carbocycles. The van der Waals surface area contributed by atoms with Crippen molar-refractivity contribution in [3.8, 4) is 0 Å². The lowest BCUT2D eigenvalue weighted by Gasteiger charge is -2.64. The van der Waals surface area contributed by atoms with E-state index in [1.807, 2.05) is 0 Å². The summed E-state index contributed by atoms with van der Waals surface area (Å²) in [5.74, 6) is 0.0127. The molecule has 6 heteroatoms. The van der Waals surface area contributed by atoms with Crippen LogP contribution >= 0.6 is 0 Å². The second-order valence-electron chi connectivity index (χ2n) is 12.3. The third kappa shape index (κ3) is 2.62. The van der Waals surface area contributed by atoms with Crippen molar-refractivity contribution in [3.63, 3.8) is 0 Å². The Labute approximate surface area is 185 Å². The van der Waals surface area contributed by atoms with E-state index < -0.39 is 30.4 Å². The SMILES string of the molecule is C[C@@H]1[C@@H](CCC(=O)O)C12CC[C@H]1[C@@H]3[C@H](O)[C@H](O)[C@@H]4C[C@H](O)CC[C@]4(C)[C@H]3C[C@H](O)[C@@]12C. The summed E-state index contributed by atoms with van der Waals surface area (Å²) in [5.41, 5.74) is -0.587. The Balaban J connectivity index is 1.49. The maximum absolute atomic E-state index is 11.7. The number of carboxylic acid groups (broad SMARTS) is 1. The van der Waals surface area contributed by atoms with Gasteiger partial charge in [0.25, 0.3) is 0 Å². The molecule has 0 amide bonds. The molecule has 0 aromatic rings. The highest BCUT2D eigenvalue weighted by Crippen LogP contribution is 2.82. The Hall–Kier alpha value is -0.690. The van der Waals surface area contributed by atoms with Gasteiger partial charge in [-0.2, -0.15) is 0 Å². The summed E-state index contributed by atoms with van der Waals surface area (Å²) in [6.07, 6.45) is 2.85. The summed E-state index contributed by atoms with van der Waals surface area (Å²) >= 11 is 0. The smallest absolute Gasteiger partial charge is 0.303 e. The summed E-state index contributed by atoms with van der Waals surface area (Å²) in [6.45, 7) is 6.62. The third-order valence-corrected chi connectivity index (χ3v) is 11.8. The Kier molecular flexibility index (Phi) is 4.93. The minimum atomic E-state index is -0.836. The largest absolute Gasteiger partial charge is 0.481 e. The Morgan fingerprint density at radius 2 is 1.65 bits per heavy atom. The predicted octanol–water partition coefficient (Wildman–Crippen LogP) is 2.42. The van der Waals surface area contributed by atoms with Crippen LogP contribution in [0.25, 0.3) is 0 Å². The summed E-state index contributed by atoms with van der Waals surface area (Å²) in [5, 5.41) is 53.7. The minimum absolute atomic E-state index is 0.0489. The van der Waals surface area contributed by atoms with Crippen LogP contribution in [0.3, 0.4) is 0 Å². The van der Waals surface area contributed by atoms with Crippen LogP contribution in [0.1, 0.15) is 72.1 Å². The zero-order chi connectivity index (χ0) is 22.5. The van der Waals surface area contributed by atoms with E-state index in [1.54, 1.807) is 0 Å². The highest BCUT2D eigenvalue weighted by atomic mass is 16.4. The zero-order valence-electron chi connectivity index (χ0n) is 19.1. The molecule has 5 N–H and O–H groups in total. The van der Waals surface area contributed by atoms with Gasteiger partial charge in [-0.25, -0.2) is 0 Å². The number of aliphatic carboxylic acids is 1.